The summed E-state index contributed by atoms with van der Waals surface area (Å²) >= 11 is 6.13. The van der Waals surface area contributed by atoms with Crippen LogP contribution in [0.25, 0.3) is 39.3 Å². The number of carbonyl (C=O) groups is 2. The standard InChI is InChI=1S/C35H28ClF3N4O3/c36-26-6-3-22(4-7-26)29-17-24(28-8-5-23(18-30(28)37)34(45)43-13-11-35(38,39)12-14-43)15-25-16-27(46-33(25)29)20-42-32(44)10-2-21-1-9-31(40)41-19-21/h1-10,15-19H,11-14,20H2,(H2,40,41)(H,42,44)/b10-2+. The quantitative estimate of drug-likeness (QED) is 0.177. The van der Waals surface area contributed by atoms with E-state index in [4.69, 9.17) is 21.8 Å². The molecule has 6 rings (SSSR count). The van der Waals surface area contributed by atoms with E-state index in [1.54, 1.807) is 54.7 Å². The molecule has 11 heteroatoms. The molecular weight excluding hydrogens is 617 g/mol. The first-order valence-corrected chi connectivity index (χ1v) is 14.9. The van der Waals surface area contributed by atoms with Gasteiger partial charge < -0.3 is 20.4 Å². The van der Waals surface area contributed by atoms with Crippen LogP contribution < -0.4 is 11.1 Å². The Morgan fingerprint density at radius 1 is 0.978 bits per heavy atom. The van der Waals surface area contributed by atoms with Crippen LogP contribution in [0, 0.1) is 5.82 Å². The van der Waals surface area contributed by atoms with Gasteiger partial charge in [-0.2, -0.15) is 0 Å². The maximum absolute atomic E-state index is 15.6. The van der Waals surface area contributed by atoms with E-state index in [1.807, 2.05) is 12.1 Å². The second-order valence-corrected chi connectivity index (χ2v) is 11.5. The van der Waals surface area contributed by atoms with Crippen molar-refractivity contribution in [2.45, 2.75) is 25.3 Å². The smallest absolute Gasteiger partial charge is 0.253 e. The molecule has 0 atom stereocenters. The van der Waals surface area contributed by atoms with Gasteiger partial charge in [-0.25, -0.2) is 18.2 Å². The Labute approximate surface area is 267 Å². The third-order valence-electron chi connectivity index (χ3n) is 7.80. The number of anilines is 1. The van der Waals surface area contributed by atoms with Crippen molar-refractivity contribution in [2.75, 3.05) is 18.8 Å². The topological polar surface area (TPSA) is 101 Å². The number of piperidine rings is 1. The van der Waals surface area contributed by atoms with Crippen LogP contribution in [0.2, 0.25) is 5.02 Å². The molecule has 1 saturated heterocycles. The first kappa shape index (κ1) is 30.9. The molecule has 0 aliphatic carbocycles. The number of alkyl halides is 2. The SMILES string of the molecule is Nc1ccc(/C=C/C(=O)NCc2cc3cc(-c4ccc(C(=O)N5CCC(F)(F)CC5)cc4F)cc(-c4ccc(Cl)cc4)c3o2)cn1. The van der Waals surface area contributed by atoms with E-state index in [0.717, 1.165) is 11.6 Å². The van der Waals surface area contributed by atoms with Gasteiger partial charge in [-0.1, -0.05) is 29.8 Å². The average Bonchev–Trinajstić information content (AvgIpc) is 3.46. The fourth-order valence-corrected chi connectivity index (χ4v) is 5.44. The summed E-state index contributed by atoms with van der Waals surface area (Å²) in [5.41, 5.74) is 9.16. The van der Waals surface area contributed by atoms with Crippen molar-refractivity contribution in [1.29, 1.82) is 0 Å². The minimum absolute atomic E-state index is 0.0874. The summed E-state index contributed by atoms with van der Waals surface area (Å²) in [4.78, 5) is 30.7. The Kier molecular flexibility index (Phi) is 8.55. The van der Waals surface area contributed by atoms with Gasteiger partial charge in [0.05, 0.1) is 6.54 Å². The number of nitrogens with two attached hydrogens (primary N) is 1. The van der Waals surface area contributed by atoms with Crippen molar-refractivity contribution >= 4 is 46.3 Å². The zero-order valence-corrected chi connectivity index (χ0v) is 25.2. The van der Waals surface area contributed by atoms with Crippen LogP contribution >= 0.6 is 11.6 Å². The number of hydrogen-bond donors (Lipinski definition) is 2. The molecular formula is C35H28ClF3N4O3. The fraction of sp³-hybridized carbons (Fsp3) is 0.171. The van der Waals surface area contributed by atoms with Gasteiger partial charge in [-0.05, 0) is 77.4 Å². The van der Waals surface area contributed by atoms with Crippen molar-refractivity contribution in [1.82, 2.24) is 15.2 Å². The highest BCUT2D eigenvalue weighted by molar-refractivity contribution is 6.30. The van der Waals surface area contributed by atoms with Crippen LogP contribution in [0.5, 0.6) is 0 Å². The van der Waals surface area contributed by atoms with Gasteiger partial charge >= 0.3 is 0 Å². The number of fused-ring (bicyclic) bond motifs is 1. The minimum atomic E-state index is -2.79. The highest BCUT2D eigenvalue weighted by atomic mass is 35.5. The maximum Gasteiger partial charge on any atom is 0.253 e. The van der Waals surface area contributed by atoms with Crippen LogP contribution in [0.4, 0.5) is 19.0 Å². The predicted molar refractivity (Wildman–Crippen MR) is 172 cm³/mol. The van der Waals surface area contributed by atoms with Crippen LogP contribution in [0.3, 0.4) is 0 Å². The van der Waals surface area contributed by atoms with E-state index in [1.165, 1.54) is 23.1 Å². The molecule has 2 amide bonds. The summed E-state index contributed by atoms with van der Waals surface area (Å²) < 4.78 is 48.9. The largest absolute Gasteiger partial charge is 0.459 e. The molecule has 1 fully saturated rings. The Morgan fingerprint density at radius 3 is 2.43 bits per heavy atom. The number of nitrogens with zero attached hydrogens (tertiary/aromatic N) is 2. The molecule has 3 aromatic carbocycles. The molecule has 0 bridgehead atoms. The zero-order chi connectivity index (χ0) is 32.4. The summed E-state index contributed by atoms with van der Waals surface area (Å²) in [5, 5.41) is 4.01. The molecule has 3 heterocycles. The Bertz CT molecular complexity index is 1950. The number of furan rings is 1. The lowest BCUT2D eigenvalue weighted by atomic mass is 9.95. The van der Waals surface area contributed by atoms with Crippen molar-refractivity contribution in [3.05, 3.63) is 113 Å². The monoisotopic (exact) mass is 644 g/mol. The first-order chi connectivity index (χ1) is 22.0. The number of aromatic nitrogens is 1. The lowest BCUT2D eigenvalue weighted by Gasteiger charge is -2.31. The number of rotatable bonds is 7. The van der Waals surface area contributed by atoms with E-state index in [2.05, 4.69) is 10.3 Å². The van der Waals surface area contributed by atoms with Crippen LogP contribution in [-0.2, 0) is 11.3 Å². The zero-order valence-electron chi connectivity index (χ0n) is 24.4. The van der Waals surface area contributed by atoms with Crippen molar-refractivity contribution in [2.24, 2.45) is 0 Å². The highest BCUT2D eigenvalue weighted by Gasteiger charge is 2.36. The number of nitrogens with one attached hydrogen (secondary N) is 1. The van der Waals surface area contributed by atoms with E-state index in [9.17, 15) is 18.4 Å². The van der Waals surface area contributed by atoms with Gasteiger partial charge in [-0.3, -0.25) is 9.59 Å². The van der Waals surface area contributed by atoms with Crippen LogP contribution in [0.15, 0.2) is 89.5 Å². The number of carbonyl (C=O) groups excluding carboxylic acids is 2. The second-order valence-electron chi connectivity index (χ2n) is 11.1. The first-order valence-electron chi connectivity index (χ1n) is 14.5. The molecule has 0 saturated carbocycles. The number of halogens is 4. The Balaban J connectivity index is 1.27. The third kappa shape index (κ3) is 6.92. The Morgan fingerprint density at radius 2 is 1.74 bits per heavy atom. The highest BCUT2D eigenvalue weighted by Crippen LogP contribution is 2.37. The van der Waals surface area contributed by atoms with E-state index >= 15 is 4.39 Å². The minimum Gasteiger partial charge on any atom is -0.459 e. The third-order valence-corrected chi connectivity index (χ3v) is 8.06. The van der Waals surface area contributed by atoms with Crippen molar-refractivity contribution < 1.29 is 27.2 Å². The number of amides is 2. The van der Waals surface area contributed by atoms with Gasteiger partial charge in [0.2, 0.25) is 5.91 Å². The molecule has 3 N–H and O–H groups in total. The van der Waals surface area contributed by atoms with Gasteiger partial charge in [0, 0.05) is 65.3 Å². The summed E-state index contributed by atoms with van der Waals surface area (Å²) in [6.45, 7) is -0.0767. The van der Waals surface area contributed by atoms with E-state index in [-0.39, 0.29) is 36.7 Å². The second kappa shape index (κ2) is 12.7. The lowest BCUT2D eigenvalue weighted by molar-refractivity contribution is -0.116. The predicted octanol–water partition coefficient (Wildman–Crippen LogP) is 7.74. The number of hydrogen-bond acceptors (Lipinski definition) is 5. The molecule has 7 nitrogen and oxygen atoms in total. The molecule has 0 spiro atoms. The molecule has 1 aliphatic rings. The molecule has 234 valence electrons. The van der Waals surface area contributed by atoms with Crippen LogP contribution in [0.1, 0.15) is 34.5 Å². The van der Waals surface area contributed by atoms with E-state index < -0.39 is 30.5 Å². The molecule has 0 radical (unpaired) electrons. The van der Waals surface area contributed by atoms with Gasteiger partial charge in [-0.15, -0.1) is 0 Å². The summed E-state index contributed by atoms with van der Waals surface area (Å²) in [5.74, 6) is -3.39. The number of pyridine rings is 1. The van der Waals surface area contributed by atoms with Crippen LogP contribution in [-0.4, -0.2) is 40.7 Å². The van der Waals surface area contributed by atoms with Gasteiger partial charge in [0.15, 0.2) is 0 Å². The fourth-order valence-electron chi connectivity index (χ4n) is 5.32. The summed E-state index contributed by atoms with van der Waals surface area (Å²) in [7, 11) is 0. The maximum atomic E-state index is 15.6. The normalized spacial score (nSPS) is 14.6. The van der Waals surface area contributed by atoms with Crippen molar-refractivity contribution in [3.63, 3.8) is 0 Å². The van der Waals surface area contributed by atoms with Gasteiger partial charge in [0.1, 0.15) is 23.0 Å². The lowest BCUT2D eigenvalue weighted by Crippen LogP contribution is -2.42. The summed E-state index contributed by atoms with van der Waals surface area (Å²) in [6.07, 6.45) is 3.72. The number of nitrogen functional groups attached to an aromatic ring is 1. The molecule has 5 aromatic rings. The van der Waals surface area contributed by atoms with Crippen molar-refractivity contribution in [3.8, 4) is 22.3 Å². The Hall–Kier alpha value is -5.09. The molecule has 0 unspecified atom stereocenters. The van der Waals surface area contributed by atoms with E-state index in [0.29, 0.717) is 44.3 Å². The number of benzene rings is 3. The molecule has 1 aliphatic heterocycles. The molecule has 46 heavy (non-hydrogen) atoms. The summed E-state index contributed by atoms with van der Waals surface area (Å²) in [6, 6.07) is 20.0. The average molecular weight is 645 g/mol. The number of likely N-dealkylation sites (tertiary alicyclic amines) is 1. The molecule has 2 aromatic heterocycles. The van der Waals surface area contributed by atoms with Gasteiger partial charge in [0.25, 0.3) is 11.8 Å².